The molecule has 8 nitrogen and oxygen atoms in total. The fourth-order valence-corrected chi connectivity index (χ4v) is 18.2. The highest BCUT2D eigenvalue weighted by Crippen LogP contribution is 2.44. The lowest BCUT2D eigenvalue weighted by atomic mass is 9.99. The Morgan fingerprint density at radius 3 is 0.955 bits per heavy atom. The maximum absolute atomic E-state index is 5.20. The predicted octanol–water partition coefficient (Wildman–Crippen LogP) is 27.3. The zero-order valence-electron chi connectivity index (χ0n) is 60.3. The van der Waals surface area contributed by atoms with Gasteiger partial charge in [0.05, 0.1) is 22.1 Å². The van der Waals surface area contributed by atoms with Crippen LogP contribution in [0.1, 0.15) is 0 Å². The average molecular weight is 1470 g/mol. The van der Waals surface area contributed by atoms with Gasteiger partial charge in [0.15, 0.2) is 34.9 Å². The molecule has 16 aromatic carbocycles. The van der Waals surface area contributed by atoms with Gasteiger partial charge in [0.25, 0.3) is 0 Å². The number of thiophene rings is 2. The molecular weight excluding hydrogens is 1400 g/mol. The quantitative estimate of drug-likeness (QED) is 0.121. The molecule has 0 aliphatic heterocycles. The van der Waals surface area contributed by atoms with E-state index in [2.05, 4.69) is 373 Å². The summed E-state index contributed by atoms with van der Waals surface area (Å²) in [7, 11) is 0. The first kappa shape index (κ1) is 65.8. The smallest absolute Gasteiger partial charge is 0.164 e. The van der Waals surface area contributed by atoms with Gasteiger partial charge in [-0.2, -0.15) is 0 Å². The molecule has 0 amide bonds. The molecule has 22 aromatic rings. The highest BCUT2D eigenvalue weighted by molar-refractivity contribution is 7.26. The van der Waals surface area contributed by atoms with Gasteiger partial charge < -0.3 is 9.13 Å². The van der Waals surface area contributed by atoms with E-state index in [1.165, 1.54) is 101 Å². The summed E-state index contributed by atoms with van der Waals surface area (Å²) < 4.78 is 9.70. The van der Waals surface area contributed by atoms with Crippen molar-refractivity contribution in [3.05, 3.63) is 388 Å². The van der Waals surface area contributed by atoms with Gasteiger partial charge in [-0.1, -0.05) is 303 Å². The fourth-order valence-electron chi connectivity index (χ4n) is 15.9. The molecule has 0 aliphatic carbocycles. The Hall–Kier alpha value is -14.4. The topological polar surface area (TPSA) is 87.2 Å². The average Bonchev–Trinajstić information content (AvgIpc) is 1.58. The molecule has 112 heavy (non-hydrogen) atoms. The number of benzene rings is 16. The van der Waals surface area contributed by atoms with E-state index in [1.807, 2.05) is 24.3 Å². The molecule has 0 saturated heterocycles. The molecule has 0 N–H and O–H groups in total. The van der Waals surface area contributed by atoms with E-state index in [0.717, 1.165) is 72.4 Å². The number of hydrogen-bond donors (Lipinski definition) is 0. The molecule has 0 spiro atoms. The standard InChI is InChI=1S/2C51H32N4S/c1-4-13-33(14-5-1)36-24-27-45-43(30-36)44-31-37(34-15-6-2-7-16-34)25-28-46(44)55(45)40-20-12-19-38(29-40)50-52-49(35-17-8-3-9-18-35)53-51(54-50)39-23-26-42-41-21-10-11-22-47(41)56-48(42)32-39;1-3-13-33(14-4-1)34-25-27-36(28-26-34)49-52-50(54-51(53-49)38-29-30-42-41-19-8-10-24-46(41)56-47(42)32-38)37-17-11-18-39(31-37)55-44-22-9-7-20-43(44)48-40(21-12-23-45(48)55)35-15-5-2-6-16-35/h2*1-32H. The first-order valence-electron chi connectivity index (χ1n) is 37.5. The van der Waals surface area contributed by atoms with Crippen LogP contribution in [-0.4, -0.2) is 39.0 Å². The molecule has 6 aromatic heterocycles. The SMILES string of the molecule is c1ccc(-c2ccc(-c3nc(-c4cccc(-n5c6ccccc6c6c(-c7ccccc7)cccc65)c4)nc(-c4ccc5c(c4)sc4ccccc45)n3)cc2)cc1.c1ccc(-c2ccc3c(c2)c2cc(-c4ccccc4)ccc2n3-c2cccc(-c3nc(-c4ccccc4)nc(-c4ccc5c(c4)sc4ccccc45)n3)c2)cc1. The molecule has 6 heterocycles. The summed E-state index contributed by atoms with van der Waals surface area (Å²) in [6.45, 7) is 0. The molecular formula is C102H64N8S2. The van der Waals surface area contributed by atoms with Crippen molar-refractivity contribution in [1.82, 2.24) is 39.0 Å². The van der Waals surface area contributed by atoms with Crippen LogP contribution < -0.4 is 0 Å². The number of para-hydroxylation sites is 1. The van der Waals surface area contributed by atoms with Gasteiger partial charge >= 0.3 is 0 Å². The van der Waals surface area contributed by atoms with E-state index in [-0.39, 0.29) is 0 Å². The lowest BCUT2D eigenvalue weighted by Gasteiger charge is -2.12. The van der Waals surface area contributed by atoms with Gasteiger partial charge in [0.2, 0.25) is 0 Å². The van der Waals surface area contributed by atoms with Crippen molar-refractivity contribution >= 4 is 107 Å². The van der Waals surface area contributed by atoms with Crippen LogP contribution in [0, 0.1) is 0 Å². The predicted molar refractivity (Wildman–Crippen MR) is 468 cm³/mol. The van der Waals surface area contributed by atoms with Crippen LogP contribution in [0.15, 0.2) is 388 Å². The van der Waals surface area contributed by atoms with Crippen molar-refractivity contribution in [3.8, 4) is 124 Å². The monoisotopic (exact) mass is 1460 g/mol. The summed E-state index contributed by atoms with van der Waals surface area (Å²) in [6.07, 6.45) is 0. The zero-order valence-corrected chi connectivity index (χ0v) is 62.0. The lowest BCUT2D eigenvalue weighted by molar-refractivity contribution is 1.07. The third-order valence-corrected chi connectivity index (χ3v) is 23.6. The summed E-state index contributed by atoms with van der Waals surface area (Å²) in [5, 5.41) is 9.90. The summed E-state index contributed by atoms with van der Waals surface area (Å²) in [6, 6.07) is 137. The normalized spacial score (nSPS) is 11.6. The molecule has 0 fully saturated rings. The number of rotatable bonds is 12. The van der Waals surface area contributed by atoms with E-state index >= 15 is 0 Å². The molecule has 524 valence electrons. The third-order valence-electron chi connectivity index (χ3n) is 21.3. The van der Waals surface area contributed by atoms with Gasteiger partial charge in [0.1, 0.15) is 0 Å². The highest BCUT2D eigenvalue weighted by atomic mass is 32.1. The van der Waals surface area contributed by atoms with Crippen LogP contribution in [0.2, 0.25) is 0 Å². The first-order chi connectivity index (χ1) is 55.5. The van der Waals surface area contributed by atoms with E-state index in [1.54, 1.807) is 22.7 Å². The molecule has 0 bridgehead atoms. The van der Waals surface area contributed by atoms with Crippen molar-refractivity contribution in [3.63, 3.8) is 0 Å². The van der Waals surface area contributed by atoms with Crippen LogP contribution in [-0.2, 0) is 0 Å². The van der Waals surface area contributed by atoms with Crippen molar-refractivity contribution in [1.29, 1.82) is 0 Å². The van der Waals surface area contributed by atoms with Crippen LogP contribution in [0.3, 0.4) is 0 Å². The molecule has 0 unspecified atom stereocenters. The largest absolute Gasteiger partial charge is 0.309 e. The second kappa shape index (κ2) is 28.0. The molecule has 22 rings (SSSR count). The Labute approximate surface area is 653 Å². The highest BCUT2D eigenvalue weighted by Gasteiger charge is 2.22. The van der Waals surface area contributed by atoms with E-state index < -0.39 is 0 Å². The van der Waals surface area contributed by atoms with Crippen molar-refractivity contribution < 1.29 is 0 Å². The van der Waals surface area contributed by atoms with E-state index in [4.69, 9.17) is 29.9 Å². The van der Waals surface area contributed by atoms with Crippen molar-refractivity contribution in [2.24, 2.45) is 0 Å². The van der Waals surface area contributed by atoms with Crippen molar-refractivity contribution in [2.45, 2.75) is 0 Å². The summed E-state index contributed by atoms with van der Waals surface area (Å²) in [4.78, 5) is 30.8. The molecule has 0 atom stereocenters. The van der Waals surface area contributed by atoms with E-state index in [0.29, 0.717) is 34.9 Å². The minimum absolute atomic E-state index is 0.626. The third kappa shape index (κ3) is 12.0. The Kier molecular flexibility index (Phi) is 16.4. The summed E-state index contributed by atoms with van der Waals surface area (Å²) >= 11 is 3.60. The number of aromatic nitrogens is 8. The Balaban J connectivity index is 0.000000141. The maximum atomic E-state index is 5.20. The number of fused-ring (bicyclic) bond motifs is 12. The maximum Gasteiger partial charge on any atom is 0.164 e. The molecule has 0 radical (unpaired) electrons. The minimum Gasteiger partial charge on any atom is -0.309 e. The van der Waals surface area contributed by atoms with Crippen LogP contribution in [0.5, 0.6) is 0 Å². The fraction of sp³-hybridized carbons (Fsp3) is 0. The lowest BCUT2D eigenvalue weighted by Crippen LogP contribution is -2.01. The van der Waals surface area contributed by atoms with Crippen LogP contribution in [0.25, 0.3) is 208 Å². The summed E-state index contributed by atoms with van der Waals surface area (Å²) in [5.41, 5.74) is 21.8. The van der Waals surface area contributed by atoms with E-state index in [9.17, 15) is 0 Å². The Morgan fingerprint density at radius 2 is 0.473 bits per heavy atom. The molecule has 10 heteroatoms. The zero-order chi connectivity index (χ0) is 74.0. The summed E-state index contributed by atoms with van der Waals surface area (Å²) in [5.74, 6) is 3.83. The van der Waals surface area contributed by atoms with Gasteiger partial charge in [0, 0.05) is 107 Å². The minimum atomic E-state index is 0.626. The van der Waals surface area contributed by atoms with Crippen LogP contribution in [0.4, 0.5) is 0 Å². The Morgan fingerprint density at radius 1 is 0.170 bits per heavy atom. The van der Waals surface area contributed by atoms with Gasteiger partial charge in [-0.15, -0.1) is 22.7 Å². The van der Waals surface area contributed by atoms with Crippen molar-refractivity contribution in [2.75, 3.05) is 0 Å². The second-order valence-corrected chi connectivity index (χ2v) is 30.3. The second-order valence-electron chi connectivity index (χ2n) is 28.1. The molecule has 0 saturated carbocycles. The Bertz CT molecular complexity index is 7260. The first-order valence-corrected chi connectivity index (χ1v) is 39.2. The van der Waals surface area contributed by atoms with Gasteiger partial charge in [-0.3, -0.25) is 0 Å². The number of nitrogens with zero attached hydrogens (tertiary/aromatic N) is 8. The van der Waals surface area contributed by atoms with Gasteiger partial charge in [-0.25, -0.2) is 29.9 Å². The van der Waals surface area contributed by atoms with Crippen LogP contribution >= 0.6 is 22.7 Å². The van der Waals surface area contributed by atoms with Gasteiger partial charge in [-0.05, 0) is 129 Å². The number of hydrogen-bond acceptors (Lipinski definition) is 8. The molecule has 0 aliphatic rings.